The molecule has 1 aliphatic heterocycles. The summed E-state index contributed by atoms with van der Waals surface area (Å²) in [6.07, 6.45) is 0.388. The lowest BCUT2D eigenvalue weighted by molar-refractivity contribution is -0.151. The Balaban J connectivity index is 1.93. The Labute approximate surface area is 192 Å². The van der Waals surface area contributed by atoms with E-state index in [4.69, 9.17) is 9.47 Å². The van der Waals surface area contributed by atoms with E-state index in [1.54, 1.807) is 43.3 Å². The highest BCUT2D eigenvalue weighted by Crippen LogP contribution is 2.74. The minimum Gasteiger partial charge on any atom is -0.497 e. The molecule has 0 radical (unpaired) electrons. The van der Waals surface area contributed by atoms with Gasteiger partial charge >= 0.3 is 5.97 Å². The minimum absolute atomic E-state index is 0.0408. The van der Waals surface area contributed by atoms with Crippen molar-refractivity contribution in [3.05, 3.63) is 59.7 Å². The fourth-order valence-electron chi connectivity index (χ4n) is 5.57. The van der Waals surface area contributed by atoms with Crippen LogP contribution in [-0.4, -0.2) is 50.3 Å². The van der Waals surface area contributed by atoms with Crippen molar-refractivity contribution in [3.8, 4) is 11.8 Å². The van der Waals surface area contributed by atoms with Crippen LogP contribution in [0.3, 0.4) is 0 Å². The smallest absolute Gasteiger partial charge is 0.327 e. The molecular formula is C24H24N2O6S. The maximum absolute atomic E-state index is 13.7. The van der Waals surface area contributed by atoms with E-state index in [2.05, 4.69) is 6.07 Å². The van der Waals surface area contributed by atoms with Crippen LogP contribution < -0.4 is 4.74 Å². The lowest BCUT2D eigenvalue weighted by Gasteiger charge is -2.33. The number of sulfonamides is 1. The molecule has 2 aliphatic rings. The first kappa shape index (κ1) is 23.0. The van der Waals surface area contributed by atoms with Gasteiger partial charge < -0.3 is 14.3 Å². The Morgan fingerprint density at radius 1 is 1.15 bits per heavy atom. The molecule has 1 aliphatic carbocycles. The third kappa shape index (κ3) is 2.81. The van der Waals surface area contributed by atoms with Gasteiger partial charge in [0.05, 0.1) is 30.7 Å². The summed E-state index contributed by atoms with van der Waals surface area (Å²) in [6, 6.07) is 15.0. The number of rotatable bonds is 6. The van der Waals surface area contributed by atoms with Gasteiger partial charge in [-0.3, -0.25) is 4.79 Å². The van der Waals surface area contributed by atoms with Gasteiger partial charge in [-0.15, -0.1) is 0 Å². The quantitative estimate of drug-likeness (QED) is 0.364. The monoisotopic (exact) mass is 468 g/mol. The first-order chi connectivity index (χ1) is 15.6. The number of ether oxygens (including phenoxy) is 2. The normalized spacial score (nSPS) is 32.3. The highest BCUT2D eigenvalue weighted by atomic mass is 32.2. The summed E-state index contributed by atoms with van der Waals surface area (Å²) in [7, 11) is -1.43. The number of aryl methyl sites for hydroxylation is 1. The van der Waals surface area contributed by atoms with Crippen molar-refractivity contribution in [1.29, 1.82) is 5.26 Å². The topological polar surface area (TPSA) is 114 Å². The fraction of sp³-hybridized carbons (Fsp3) is 0.375. The average molecular weight is 469 g/mol. The van der Waals surface area contributed by atoms with E-state index in [1.807, 2.05) is 6.92 Å². The molecule has 1 saturated carbocycles. The van der Waals surface area contributed by atoms with Gasteiger partial charge in [-0.05, 0) is 50.1 Å². The highest BCUT2D eigenvalue weighted by molar-refractivity contribution is 7.89. The molecule has 5 atom stereocenters. The number of hydrogen-bond donors (Lipinski definition) is 0. The van der Waals surface area contributed by atoms with Gasteiger partial charge in [0.15, 0.2) is 5.41 Å². The summed E-state index contributed by atoms with van der Waals surface area (Å²) in [4.78, 5) is 25.7. The van der Waals surface area contributed by atoms with Gasteiger partial charge in [-0.1, -0.05) is 29.8 Å². The molecule has 4 rings (SSSR count). The van der Waals surface area contributed by atoms with E-state index in [0.717, 1.165) is 9.87 Å². The second-order valence-corrected chi connectivity index (χ2v) is 10.5. The SMILES string of the molecule is COC(=O)[C@]1(C#N)C[C@]2(C)N(S(=O)(=O)c3ccc(C)cc3)[C@]2(C=O)[C@H]1c1ccc(OC)cc1. The Morgan fingerprint density at radius 3 is 2.24 bits per heavy atom. The van der Waals surface area contributed by atoms with Crippen LogP contribution in [0.15, 0.2) is 53.4 Å². The predicted molar refractivity (Wildman–Crippen MR) is 118 cm³/mol. The molecule has 0 amide bonds. The van der Waals surface area contributed by atoms with Crippen LogP contribution in [0.2, 0.25) is 0 Å². The van der Waals surface area contributed by atoms with Crippen molar-refractivity contribution in [2.24, 2.45) is 5.41 Å². The van der Waals surface area contributed by atoms with E-state index >= 15 is 0 Å². The van der Waals surface area contributed by atoms with Crippen LogP contribution in [0, 0.1) is 23.7 Å². The van der Waals surface area contributed by atoms with Crippen LogP contribution in [0.5, 0.6) is 5.75 Å². The fourth-order valence-corrected chi connectivity index (χ4v) is 7.71. The number of piperidine rings is 1. The number of nitrogens with zero attached hydrogens (tertiary/aromatic N) is 2. The molecule has 172 valence electrons. The van der Waals surface area contributed by atoms with E-state index in [0.29, 0.717) is 17.6 Å². The minimum atomic E-state index is -4.10. The molecule has 8 nitrogen and oxygen atoms in total. The first-order valence-corrected chi connectivity index (χ1v) is 11.8. The summed E-state index contributed by atoms with van der Waals surface area (Å²) in [6.45, 7) is 3.44. The zero-order valence-electron chi connectivity index (χ0n) is 18.7. The summed E-state index contributed by atoms with van der Waals surface area (Å²) in [5.74, 6) is -1.33. The van der Waals surface area contributed by atoms with Gasteiger partial charge in [-0.25, -0.2) is 8.42 Å². The summed E-state index contributed by atoms with van der Waals surface area (Å²) in [5, 5.41) is 10.2. The van der Waals surface area contributed by atoms with E-state index in [-0.39, 0.29) is 11.3 Å². The maximum atomic E-state index is 13.7. The molecular weight excluding hydrogens is 444 g/mol. The van der Waals surface area contributed by atoms with Gasteiger partial charge in [0.2, 0.25) is 10.0 Å². The van der Waals surface area contributed by atoms with E-state index < -0.39 is 38.4 Å². The summed E-state index contributed by atoms with van der Waals surface area (Å²) >= 11 is 0. The third-order valence-corrected chi connectivity index (χ3v) is 9.14. The molecule has 0 N–H and O–H groups in total. The lowest BCUT2D eigenvalue weighted by Crippen LogP contribution is -2.44. The van der Waals surface area contributed by atoms with Crippen LogP contribution in [0.4, 0.5) is 0 Å². The molecule has 1 heterocycles. The van der Waals surface area contributed by atoms with Crippen molar-refractivity contribution in [2.75, 3.05) is 14.2 Å². The number of carbonyl (C=O) groups is 2. The predicted octanol–water partition coefficient (Wildman–Crippen LogP) is 2.57. The molecule has 33 heavy (non-hydrogen) atoms. The zero-order valence-corrected chi connectivity index (χ0v) is 19.5. The Bertz CT molecular complexity index is 1270. The Kier molecular flexibility index (Phi) is 5.15. The van der Waals surface area contributed by atoms with Gasteiger partial charge in [-0.2, -0.15) is 9.57 Å². The molecule has 0 bridgehead atoms. The van der Waals surface area contributed by atoms with Gasteiger partial charge in [0.1, 0.15) is 17.6 Å². The zero-order chi connectivity index (χ0) is 24.2. The van der Waals surface area contributed by atoms with Gasteiger partial charge in [0.25, 0.3) is 0 Å². The van der Waals surface area contributed by atoms with Gasteiger partial charge in [0, 0.05) is 5.92 Å². The van der Waals surface area contributed by atoms with Crippen molar-refractivity contribution in [1.82, 2.24) is 4.31 Å². The lowest BCUT2D eigenvalue weighted by atomic mass is 9.71. The van der Waals surface area contributed by atoms with Crippen LogP contribution in [-0.2, 0) is 24.3 Å². The van der Waals surface area contributed by atoms with Crippen LogP contribution in [0.25, 0.3) is 0 Å². The first-order valence-electron chi connectivity index (χ1n) is 10.3. The van der Waals surface area contributed by atoms with Crippen molar-refractivity contribution >= 4 is 22.3 Å². The number of esters is 1. The number of methoxy groups -OCH3 is 2. The van der Waals surface area contributed by atoms with Crippen LogP contribution in [0.1, 0.15) is 30.4 Å². The van der Waals surface area contributed by atoms with E-state index in [1.165, 1.54) is 26.4 Å². The molecule has 9 heteroatoms. The molecule has 0 aromatic heterocycles. The second-order valence-electron chi connectivity index (χ2n) is 8.76. The molecule has 1 unspecified atom stereocenters. The molecule has 2 aromatic rings. The van der Waals surface area contributed by atoms with Crippen LogP contribution >= 0.6 is 0 Å². The number of aldehydes is 1. The Morgan fingerprint density at radius 2 is 1.76 bits per heavy atom. The summed E-state index contributed by atoms with van der Waals surface area (Å²) in [5.41, 5.74) is -3.29. The number of nitriles is 1. The van der Waals surface area contributed by atoms with Crippen molar-refractivity contribution in [3.63, 3.8) is 0 Å². The number of hydrogen-bond acceptors (Lipinski definition) is 7. The molecule has 2 aromatic carbocycles. The van der Waals surface area contributed by atoms with E-state index in [9.17, 15) is 23.3 Å². The number of benzene rings is 2. The average Bonchev–Trinajstić information content (AvgIpc) is 3.27. The largest absolute Gasteiger partial charge is 0.497 e. The maximum Gasteiger partial charge on any atom is 0.327 e. The number of fused-ring (bicyclic) bond motifs is 1. The van der Waals surface area contributed by atoms with Crippen molar-refractivity contribution < 1.29 is 27.5 Å². The summed E-state index contributed by atoms with van der Waals surface area (Å²) < 4.78 is 38.6. The standard InChI is InChI=1S/C24H24N2O6S/c1-16-5-11-19(12-6-16)33(29,30)26-22(2)13-23(14-25,21(28)32-4)20(24(22,26)15-27)17-7-9-18(31-3)10-8-17/h5-12,15,20H,13H2,1-4H3/t20-,22-,23-,24+,26?/m0/s1. The highest BCUT2D eigenvalue weighted by Gasteiger charge is 2.90. The second kappa shape index (κ2) is 7.40. The van der Waals surface area contributed by atoms with Crippen molar-refractivity contribution in [2.45, 2.75) is 42.2 Å². The molecule has 0 spiro atoms. The molecule has 2 fully saturated rings. The Hall–Kier alpha value is -3.22. The third-order valence-electron chi connectivity index (χ3n) is 7.09. The molecule has 1 saturated heterocycles. The number of carbonyl (C=O) groups excluding carboxylic acids is 2.